The van der Waals surface area contributed by atoms with E-state index in [4.69, 9.17) is 0 Å². The topological polar surface area (TPSA) is 33.2 Å². The van der Waals surface area contributed by atoms with Crippen molar-refractivity contribution in [3.63, 3.8) is 0 Å². The van der Waals surface area contributed by atoms with Gasteiger partial charge in [-0.05, 0) is 17.2 Å². The minimum atomic E-state index is 0.231. The molecule has 1 fully saturated rings. The average molecular weight is 244 g/mol. The highest BCUT2D eigenvalue weighted by Gasteiger charge is 2.37. The second kappa shape index (κ2) is 4.37. The summed E-state index contributed by atoms with van der Waals surface area (Å²) in [5.74, 6) is 1.21. The SMILES string of the molecule is O=C1C[C@H]2SCC(/C=C/c3cccnc3)=CN12. The monoisotopic (exact) mass is 244 g/mol. The summed E-state index contributed by atoms with van der Waals surface area (Å²) < 4.78 is 0. The largest absolute Gasteiger partial charge is 0.306 e. The molecule has 0 aromatic carbocycles. The number of carbonyl (C=O) groups excluding carboxylic acids is 1. The number of thioether (sulfide) groups is 1. The van der Waals surface area contributed by atoms with Gasteiger partial charge >= 0.3 is 0 Å². The zero-order chi connectivity index (χ0) is 11.7. The number of aromatic nitrogens is 1. The number of pyridine rings is 1. The second-order valence-corrected chi connectivity index (χ2v) is 5.26. The molecule has 3 heterocycles. The Labute approximate surface area is 104 Å². The van der Waals surface area contributed by atoms with Gasteiger partial charge in [0, 0.05) is 24.3 Å². The third kappa shape index (κ3) is 2.13. The van der Waals surface area contributed by atoms with Crippen molar-refractivity contribution < 1.29 is 4.79 Å². The van der Waals surface area contributed by atoms with E-state index in [9.17, 15) is 4.79 Å². The molecule has 2 aliphatic rings. The van der Waals surface area contributed by atoms with Crippen LogP contribution in [0.1, 0.15) is 12.0 Å². The van der Waals surface area contributed by atoms with Crippen LogP contribution >= 0.6 is 11.8 Å². The van der Waals surface area contributed by atoms with Gasteiger partial charge in [-0.1, -0.05) is 18.2 Å². The van der Waals surface area contributed by atoms with Crippen LogP contribution in [0.15, 0.2) is 42.4 Å². The van der Waals surface area contributed by atoms with Crippen molar-refractivity contribution in [1.29, 1.82) is 0 Å². The van der Waals surface area contributed by atoms with Crippen LogP contribution in [0, 0.1) is 0 Å². The molecule has 0 unspecified atom stereocenters. The summed E-state index contributed by atoms with van der Waals surface area (Å²) in [5, 5.41) is 0.387. The Bertz CT molecular complexity index is 495. The Hall–Kier alpha value is -1.55. The quantitative estimate of drug-likeness (QED) is 0.748. The molecule has 4 heteroatoms. The zero-order valence-electron chi connectivity index (χ0n) is 9.24. The average Bonchev–Trinajstić information content (AvgIpc) is 2.37. The molecule has 2 aliphatic heterocycles. The van der Waals surface area contributed by atoms with Gasteiger partial charge in [-0.25, -0.2) is 0 Å². The van der Waals surface area contributed by atoms with Crippen LogP contribution in [0.5, 0.6) is 0 Å². The third-order valence-electron chi connectivity index (χ3n) is 2.87. The van der Waals surface area contributed by atoms with Gasteiger partial charge in [0.05, 0.1) is 11.8 Å². The molecular formula is C13H12N2OS. The van der Waals surface area contributed by atoms with Crippen molar-refractivity contribution in [1.82, 2.24) is 9.88 Å². The molecule has 0 bridgehead atoms. The number of rotatable bonds is 2. The normalized spacial score (nSPS) is 23.3. The summed E-state index contributed by atoms with van der Waals surface area (Å²) in [5.41, 5.74) is 2.26. The lowest BCUT2D eigenvalue weighted by molar-refractivity contribution is -0.137. The van der Waals surface area contributed by atoms with Crippen molar-refractivity contribution in [2.45, 2.75) is 11.8 Å². The molecule has 17 heavy (non-hydrogen) atoms. The molecule has 1 saturated heterocycles. The maximum absolute atomic E-state index is 11.3. The van der Waals surface area contributed by atoms with Crippen molar-refractivity contribution in [2.24, 2.45) is 0 Å². The van der Waals surface area contributed by atoms with E-state index in [0.29, 0.717) is 11.8 Å². The third-order valence-corrected chi connectivity index (χ3v) is 4.15. The van der Waals surface area contributed by atoms with Crippen LogP contribution in [0.4, 0.5) is 0 Å². The van der Waals surface area contributed by atoms with Gasteiger partial charge in [0.1, 0.15) is 0 Å². The Kier molecular flexibility index (Phi) is 2.73. The highest BCUT2D eigenvalue weighted by Crippen LogP contribution is 2.35. The lowest BCUT2D eigenvalue weighted by atomic mass is 10.1. The van der Waals surface area contributed by atoms with Crippen molar-refractivity contribution in [2.75, 3.05) is 5.75 Å². The van der Waals surface area contributed by atoms with E-state index in [2.05, 4.69) is 11.1 Å². The van der Waals surface area contributed by atoms with Crippen LogP contribution in [0.3, 0.4) is 0 Å². The van der Waals surface area contributed by atoms with Gasteiger partial charge in [-0.3, -0.25) is 9.78 Å². The van der Waals surface area contributed by atoms with E-state index in [1.54, 1.807) is 6.20 Å². The number of nitrogens with zero attached hydrogens (tertiary/aromatic N) is 2. The zero-order valence-corrected chi connectivity index (χ0v) is 10.1. The smallest absolute Gasteiger partial charge is 0.230 e. The molecule has 86 valence electrons. The molecule has 0 radical (unpaired) electrons. The summed E-state index contributed by atoms with van der Waals surface area (Å²) in [7, 11) is 0. The van der Waals surface area contributed by atoms with Crippen molar-refractivity contribution in [3.8, 4) is 0 Å². The van der Waals surface area contributed by atoms with Crippen LogP contribution < -0.4 is 0 Å². The Morgan fingerprint density at radius 1 is 1.47 bits per heavy atom. The minimum absolute atomic E-state index is 0.231. The first-order valence-electron chi connectivity index (χ1n) is 5.54. The van der Waals surface area contributed by atoms with Gasteiger partial charge in [0.15, 0.2) is 0 Å². The second-order valence-electron chi connectivity index (χ2n) is 4.09. The summed E-state index contributed by atoms with van der Waals surface area (Å²) >= 11 is 1.83. The van der Waals surface area contributed by atoms with Gasteiger partial charge in [0.25, 0.3) is 0 Å². The van der Waals surface area contributed by atoms with Crippen LogP contribution in [0.2, 0.25) is 0 Å². The highest BCUT2D eigenvalue weighted by atomic mass is 32.2. The predicted octanol–water partition coefficient (Wildman–Crippen LogP) is 2.28. The van der Waals surface area contributed by atoms with E-state index >= 15 is 0 Å². The standard InChI is InChI=1S/C13H12N2OS/c16-12-6-13-15(12)8-11(9-17-13)4-3-10-2-1-5-14-7-10/h1-5,7-8,13H,6,9H2/b4-3+/t13-/m1/s1. The predicted molar refractivity (Wildman–Crippen MR) is 69.1 cm³/mol. The van der Waals surface area contributed by atoms with E-state index < -0.39 is 0 Å². The Morgan fingerprint density at radius 2 is 2.41 bits per heavy atom. The first kappa shape index (κ1) is 10.6. The molecule has 1 atom stereocenters. The molecule has 3 rings (SSSR count). The van der Waals surface area contributed by atoms with Crippen LogP contribution in [-0.4, -0.2) is 26.9 Å². The van der Waals surface area contributed by atoms with Crippen molar-refractivity contribution >= 4 is 23.7 Å². The molecule has 0 spiro atoms. The van der Waals surface area contributed by atoms with Crippen molar-refractivity contribution in [3.05, 3.63) is 47.9 Å². The molecule has 1 aromatic rings. The lowest BCUT2D eigenvalue weighted by Crippen LogP contribution is -2.48. The van der Waals surface area contributed by atoms with Gasteiger partial charge in [-0.15, -0.1) is 11.8 Å². The lowest BCUT2D eigenvalue weighted by Gasteiger charge is -2.40. The van der Waals surface area contributed by atoms with Crippen LogP contribution in [0.25, 0.3) is 6.08 Å². The fourth-order valence-electron chi connectivity index (χ4n) is 1.87. The molecule has 0 aliphatic carbocycles. The number of β-lactam (4-membered cyclic amide) rings is 1. The molecule has 3 nitrogen and oxygen atoms in total. The number of hydrogen-bond acceptors (Lipinski definition) is 3. The van der Waals surface area contributed by atoms with Gasteiger partial charge in [0.2, 0.25) is 5.91 Å². The molecular weight excluding hydrogens is 232 g/mol. The minimum Gasteiger partial charge on any atom is -0.306 e. The number of hydrogen-bond donors (Lipinski definition) is 0. The van der Waals surface area contributed by atoms with Gasteiger partial charge in [-0.2, -0.15) is 0 Å². The molecule has 0 N–H and O–H groups in total. The summed E-state index contributed by atoms with van der Waals surface area (Å²) in [6.45, 7) is 0. The maximum atomic E-state index is 11.3. The fraction of sp³-hybridized carbons (Fsp3) is 0.231. The number of allylic oxidation sites excluding steroid dienone is 1. The number of amides is 1. The van der Waals surface area contributed by atoms with Gasteiger partial charge < -0.3 is 4.90 Å². The maximum Gasteiger partial charge on any atom is 0.230 e. The van der Waals surface area contributed by atoms with E-state index in [1.165, 1.54) is 5.57 Å². The Morgan fingerprint density at radius 3 is 3.18 bits per heavy atom. The molecule has 1 aromatic heterocycles. The Balaban J connectivity index is 1.74. The van der Waals surface area contributed by atoms with E-state index in [1.807, 2.05) is 47.3 Å². The van der Waals surface area contributed by atoms with E-state index in [-0.39, 0.29) is 5.91 Å². The summed E-state index contributed by atoms with van der Waals surface area (Å²) in [6.07, 6.45) is 10.3. The highest BCUT2D eigenvalue weighted by molar-refractivity contribution is 8.00. The first-order valence-corrected chi connectivity index (χ1v) is 6.59. The molecule has 1 amide bonds. The summed E-state index contributed by atoms with van der Waals surface area (Å²) in [6, 6.07) is 3.93. The summed E-state index contributed by atoms with van der Waals surface area (Å²) in [4.78, 5) is 17.2. The number of carbonyl (C=O) groups is 1. The number of fused-ring (bicyclic) bond motifs is 1. The van der Waals surface area contributed by atoms with E-state index in [0.717, 1.165) is 11.3 Å². The fourth-order valence-corrected chi connectivity index (χ4v) is 3.03. The van der Waals surface area contributed by atoms with Crippen LogP contribution in [-0.2, 0) is 4.79 Å². The molecule has 0 saturated carbocycles. The first-order chi connectivity index (χ1) is 8.33.